The predicted octanol–water partition coefficient (Wildman–Crippen LogP) is 5.89. The minimum absolute atomic E-state index is 0.698. The molecule has 6 rings (SSSR count). The van der Waals surface area contributed by atoms with Crippen molar-refractivity contribution in [1.29, 1.82) is 0 Å². The Morgan fingerprint density at radius 1 is 0.812 bits per heavy atom. The Hall–Kier alpha value is -3.18. The van der Waals surface area contributed by atoms with Gasteiger partial charge in [-0.05, 0) is 79.3 Å². The summed E-state index contributed by atoms with van der Waals surface area (Å²) >= 11 is 6.04. The molecular weight excluding hydrogens is 420 g/mol. The number of hydrogen-bond donors (Lipinski definition) is 0. The summed E-state index contributed by atoms with van der Waals surface area (Å²) < 4.78 is 5.69. The molecule has 1 aliphatic carbocycles. The normalized spacial score (nSPS) is 15.3. The summed E-state index contributed by atoms with van der Waals surface area (Å²) in [5, 5.41) is 14.1. The van der Waals surface area contributed by atoms with Crippen LogP contribution in [0.15, 0.2) is 59.1 Å². The van der Waals surface area contributed by atoms with Gasteiger partial charge < -0.3 is 9.42 Å². The maximum atomic E-state index is 6.04. The molecule has 160 valence electrons. The third-order valence-electron chi connectivity index (χ3n) is 6.56. The maximum absolute atomic E-state index is 6.04. The second-order valence-electron chi connectivity index (χ2n) is 8.58. The van der Waals surface area contributed by atoms with Crippen LogP contribution < -0.4 is 4.90 Å². The molecule has 6 heteroatoms. The topological polar surface area (TPSA) is 55.1 Å². The number of nitrogens with zero attached hydrogens (tertiary/aromatic N) is 4. The first kappa shape index (κ1) is 19.5. The van der Waals surface area contributed by atoms with Crippen LogP contribution in [0.1, 0.15) is 35.2 Å². The molecule has 0 atom stereocenters. The smallest absolute Gasteiger partial charge is 0.172 e. The average molecular weight is 443 g/mol. The predicted molar refractivity (Wildman–Crippen MR) is 126 cm³/mol. The second kappa shape index (κ2) is 8.06. The molecular formula is C26H23ClN4O. The van der Waals surface area contributed by atoms with Crippen LogP contribution in [0.25, 0.3) is 22.6 Å². The number of aryl methyl sites for hydroxylation is 2. The van der Waals surface area contributed by atoms with E-state index in [0.29, 0.717) is 11.6 Å². The quantitative estimate of drug-likeness (QED) is 0.395. The SMILES string of the molecule is Clc1ccc(-c2onc3c2CN(c2ccc(-c4ccc5c(c4)CCCC5)nn2)CC3)cc1. The molecule has 2 aromatic carbocycles. The maximum Gasteiger partial charge on any atom is 0.172 e. The minimum atomic E-state index is 0.698. The average Bonchev–Trinajstić information content (AvgIpc) is 3.28. The number of hydrogen-bond acceptors (Lipinski definition) is 5. The summed E-state index contributed by atoms with van der Waals surface area (Å²) in [6, 6.07) is 18.6. The minimum Gasteiger partial charge on any atom is -0.356 e. The molecule has 2 aliphatic rings. The highest BCUT2D eigenvalue weighted by Crippen LogP contribution is 2.33. The molecule has 3 heterocycles. The van der Waals surface area contributed by atoms with Crippen molar-refractivity contribution in [3.63, 3.8) is 0 Å². The fourth-order valence-corrected chi connectivity index (χ4v) is 4.90. The van der Waals surface area contributed by atoms with Crippen LogP contribution in [-0.4, -0.2) is 21.9 Å². The molecule has 0 fully saturated rings. The highest BCUT2D eigenvalue weighted by atomic mass is 35.5. The van der Waals surface area contributed by atoms with E-state index in [2.05, 4.69) is 50.6 Å². The summed E-state index contributed by atoms with van der Waals surface area (Å²) in [6.45, 7) is 1.54. The van der Waals surface area contributed by atoms with Gasteiger partial charge in [-0.1, -0.05) is 28.9 Å². The molecule has 0 N–H and O–H groups in total. The molecule has 5 nitrogen and oxygen atoms in total. The Balaban J connectivity index is 1.24. The third-order valence-corrected chi connectivity index (χ3v) is 6.81. The van der Waals surface area contributed by atoms with E-state index in [9.17, 15) is 0 Å². The van der Waals surface area contributed by atoms with Gasteiger partial charge in [0.1, 0.15) is 0 Å². The Labute approximate surface area is 192 Å². The lowest BCUT2D eigenvalue weighted by Crippen LogP contribution is -2.31. The van der Waals surface area contributed by atoms with Gasteiger partial charge in [-0.15, -0.1) is 10.2 Å². The van der Waals surface area contributed by atoms with Crippen molar-refractivity contribution in [2.45, 2.75) is 38.6 Å². The van der Waals surface area contributed by atoms with Crippen LogP contribution in [0.5, 0.6) is 0 Å². The summed E-state index contributed by atoms with van der Waals surface area (Å²) in [7, 11) is 0. The number of anilines is 1. The molecule has 4 aromatic rings. The molecule has 32 heavy (non-hydrogen) atoms. The molecule has 1 aliphatic heterocycles. The van der Waals surface area contributed by atoms with Gasteiger partial charge in [0, 0.05) is 34.7 Å². The molecule has 0 spiro atoms. The lowest BCUT2D eigenvalue weighted by molar-refractivity contribution is 0.424. The largest absolute Gasteiger partial charge is 0.356 e. The fourth-order valence-electron chi connectivity index (χ4n) is 4.78. The van der Waals surface area contributed by atoms with Crippen molar-refractivity contribution >= 4 is 17.4 Å². The Morgan fingerprint density at radius 3 is 2.44 bits per heavy atom. The Kier molecular flexibility index (Phi) is 4.91. The van der Waals surface area contributed by atoms with Gasteiger partial charge in [0.25, 0.3) is 0 Å². The second-order valence-corrected chi connectivity index (χ2v) is 9.02. The van der Waals surface area contributed by atoms with E-state index in [-0.39, 0.29) is 0 Å². The summed E-state index contributed by atoms with van der Waals surface area (Å²) in [5.74, 6) is 1.68. The standard InChI is InChI=1S/C26H23ClN4O/c27-21-9-7-18(8-10-21)26-22-16-31(14-13-24(22)30-32-26)25-12-11-23(28-29-25)20-6-5-17-3-1-2-4-19(17)15-20/h5-12,15H,1-4,13-14,16H2. The molecule has 0 radical (unpaired) electrons. The number of fused-ring (bicyclic) bond motifs is 2. The van der Waals surface area contributed by atoms with E-state index in [1.807, 2.05) is 24.3 Å². The molecule has 0 amide bonds. The van der Waals surface area contributed by atoms with E-state index >= 15 is 0 Å². The van der Waals surface area contributed by atoms with Gasteiger partial charge in [-0.3, -0.25) is 0 Å². The molecule has 0 saturated heterocycles. The molecule has 0 saturated carbocycles. The zero-order valence-electron chi connectivity index (χ0n) is 17.7. The van der Waals surface area contributed by atoms with E-state index in [1.54, 1.807) is 0 Å². The van der Waals surface area contributed by atoms with Crippen molar-refractivity contribution in [3.05, 3.63) is 82.0 Å². The lowest BCUT2D eigenvalue weighted by Gasteiger charge is -2.27. The number of aromatic nitrogens is 3. The van der Waals surface area contributed by atoms with Gasteiger partial charge in [0.15, 0.2) is 11.6 Å². The van der Waals surface area contributed by atoms with Crippen molar-refractivity contribution in [2.24, 2.45) is 0 Å². The van der Waals surface area contributed by atoms with E-state index in [4.69, 9.17) is 16.1 Å². The van der Waals surface area contributed by atoms with Crippen LogP contribution in [0.3, 0.4) is 0 Å². The van der Waals surface area contributed by atoms with Crippen LogP contribution in [-0.2, 0) is 25.8 Å². The summed E-state index contributed by atoms with van der Waals surface area (Å²) in [6.07, 6.45) is 5.75. The number of rotatable bonds is 3. The van der Waals surface area contributed by atoms with E-state index < -0.39 is 0 Å². The van der Waals surface area contributed by atoms with Crippen molar-refractivity contribution in [3.8, 4) is 22.6 Å². The van der Waals surface area contributed by atoms with E-state index in [0.717, 1.165) is 52.6 Å². The highest BCUT2D eigenvalue weighted by molar-refractivity contribution is 6.30. The number of benzene rings is 2. The highest BCUT2D eigenvalue weighted by Gasteiger charge is 2.26. The third kappa shape index (κ3) is 3.56. The Bertz CT molecular complexity index is 1260. The Morgan fingerprint density at radius 2 is 1.62 bits per heavy atom. The van der Waals surface area contributed by atoms with Gasteiger partial charge in [0.05, 0.1) is 17.9 Å². The first-order chi connectivity index (χ1) is 15.7. The van der Waals surface area contributed by atoms with Gasteiger partial charge in [0.2, 0.25) is 0 Å². The summed E-state index contributed by atoms with van der Waals surface area (Å²) in [4.78, 5) is 2.24. The lowest BCUT2D eigenvalue weighted by atomic mass is 9.90. The fraction of sp³-hybridized carbons (Fsp3) is 0.269. The van der Waals surface area contributed by atoms with Gasteiger partial charge in [-0.2, -0.15) is 0 Å². The van der Waals surface area contributed by atoms with Crippen molar-refractivity contribution < 1.29 is 4.52 Å². The van der Waals surface area contributed by atoms with Crippen LogP contribution >= 0.6 is 11.6 Å². The molecule has 0 unspecified atom stereocenters. The first-order valence-electron chi connectivity index (χ1n) is 11.2. The van der Waals surface area contributed by atoms with Crippen LogP contribution in [0.4, 0.5) is 5.82 Å². The number of halogens is 1. The van der Waals surface area contributed by atoms with Crippen molar-refractivity contribution in [1.82, 2.24) is 15.4 Å². The van der Waals surface area contributed by atoms with E-state index in [1.165, 1.54) is 36.8 Å². The monoisotopic (exact) mass is 442 g/mol. The van der Waals surface area contributed by atoms with Gasteiger partial charge >= 0.3 is 0 Å². The molecule has 0 bridgehead atoms. The van der Waals surface area contributed by atoms with Crippen LogP contribution in [0.2, 0.25) is 5.02 Å². The first-order valence-corrected chi connectivity index (χ1v) is 11.6. The van der Waals surface area contributed by atoms with Crippen molar-refractivity contribution in [2.75, 3.05) is 11.4 Å². The molecule has 2 aromatic heterocycles. The summed E-state index contributed by atoms with van der Waals surface area (Å²) in [5.41, 5.74) is 8.13. The zero-order valence-corrected chi connectivity index (χ0v) is 18.5. The van der Waals surface area contributed by atoms with Crippen LogP contribution in [0, 0.1) is 0 Å². The zero-order chi connectivity index (χ0) is 21.5. The van der Waals surface area contributed by atoms with Gasteiger partial charge in [-0.25, -0.2) is 0 Å².